The maximum Gasteiger partial charge on any atom is 0.161 e. The standard InChI is InChI=1S/C16H25NO2S/c1-17-14(10-12-6-8-20-9-7-12)13-4-5-15(18-2)16(11-13)19-3/h4-5,11-12,14,17H,6-10H2,1-3H3. The van der Waals surface area contributed by atoms with Crippen molar-refractivity contribution in [3.05, 3.63) is 23.8 Å². The molecule has 0 radical (unpaired) electrons. The Bertz CT molecular complexity index is 419. The molecule has 1 fully saturated rings. The molecule has 1 saturated heterocycles. The average Bonchev–Trinajstić information content (AvgIpc) is 2.53. The summed E-state index contributed by atoms with van der Waals surface area (Å²) in [6, 6.07) is 6.62. The van der Waals surface area contributed by atoms with E-state index >= 15 is 0 Å². The average molecular weight is 295 g/mol. The van der Waals surface area contributed by atoms with Gasteiger partial charge in [-0.15, -0.1) is 0 Å². The minimum atomic E-state index is 0.392. The Hall–Kier alpha value is -0.870. The number of thioether (sulfide) groups is 1. The summed E-state index contributed by atoms with van der Waals surface area (Å²) in [6.45, 7) is 0. The van der Waals surface area contributed by atoms with E-state index in [1.807, 2.05) is 13.1 Å². The van der Waals surface area contributed by atoms with E-state index in [0.29, 0.717) is 6.04 Å². The normalized spacial score (nSPS) is 17.8. The van der Waals surface area contributed by atoms with E-state index in [-0.39, 0.29) is 0 Å². The zero-order valence-corrected chi connectivity index (χ0v) is 13.5. The minimum Gasteiger partial charge on any atom is -0.493 e. The van der Waals surface area contributed by atoms with Gasteiger partial charge in [-0.2, -0.15) is 11.8 Å². The van der Waals surface area contributed by atoms with Crippen LogP contribution < -0.4 is 14.8 Å². The fourth-order valence-corrected chi connectivity index (χ4v) is 4.01. The largest absolute Gasteiger partial charge is 0.493 e. The molecule has 0 aliphatic carbocycles. The Morgan fingerprint density at radius 1 is 1.20 bits per heavy atom. The molecule has 3 nitrogen and oxygen atoms in total. The molecule has 1 aromatic carbocycles. The van der Waals surface area contributed by atoms with Crippen molar-refractivity contribution in [1.29, 1.82) is 0 Å². The van der Waals surface area contributed by atoms with Crippen LogP contribution in [0.4, 0.5) is 0 Å². The van der Waals surface area contributed by atoms with E-state index in [1.165, 1.54) is 36.3 Å². The number of ether oxygens (including phenoxy) is 2. The first-order valence-corrected chi connectivity index (χ1v) is 8.41. The fraction of sp³-hybridized carbons (Fsp3) is 0.625. The molecule has 112 valence electrons. The van der Waals surface area contributed by atoms with Crippen molar-refractivity contribution in [3.8, 4) is 11.5 Å². The molecule has 1 aliphatic heterocycles. The zero-order chi connectivity index (χ0) is 14.4. The molecule has 2 rings (SSSR count). The molecule has 0 bridgehead atoms. The van der Waals surface area contributed by atoms with Gasteiger partial charge in [-0.05, 0) is 61.4 Å². The van der Waals surface area contributed by atoms with Gasteiger partial charge in [-0.1, -0.05) is 6.07 Å². The van der Waals surface area contributed by atoms with E-state index in [1.54, 1.807) is 14.2 Å². The molecule has 0 spiro atoms. The molecule has 1 aliphatic rings. The quantitative estimate of drug-likeness (QED) is 0.870. The van der Waals surface area contributed by atoms with E-state index in [2.05, 4.69) is 29.2 Å². The minimum absolute atomic E-state index is 0.392. The first-order chi connectivity index (χ1) is 9.78. The van der Waals surface area contributed by atoms with Crippen LogP contribution in [0.1, 0.15) is 30.9 Å². The van der Waals surface area contributed by atoms with Crippen LogP contribution >= 0.6 is 11.8 Å². The van der Waals surface area contributed by atoms with Crippen molar-refractivity contribution >= 4 is 11.8 Å². The van der Waals surface area contributed by atoms with Gasteiger partial charge in [0, 0.05) is 6.04 Å². The summed E-state index contributed by atoms with van der Waals surface area (Å²) in [5.74, 6) is 5.06. The van der Waals surface area contributed by atoms with Crippen molar-refractivity contribution < 1.29 is 9.47 Å². The van der Waals surface area contributed by atoms with Gasteiger partial charge in [0.25, 0.3) is 0 Å². The molecule has 1 heterocycles. The van der Waals surface area contributed by atoms with Gasteiger partial charge in [0.1, 0.15) is 0 Å². The van der Waals surface area contributed by atoms with E-state index in [9.17, 15) is 0 Å². The predicted octanol–water partition coefficient (Wildman–Crippen LogP) is 3.50. The summed E-state index contributed by atoms with van der Waals surface area (Å²) < 4.78 is 10.7. The lowest BCUT2D eigenvalue weighted by molar-refractivity contribution is 0.351. The van der Waals surface area contributed by atoms with Gasteiger partial charge >= 0.3 is 0 Å². The van der Waals surface area contributed by atoms with E-state index < -0.39 is 0 Å². The monoisotopic (exact) mass is 295 g/mol. The van der Waals surface area contributed by atoms with Gasteiger partial charge in [0.2, 0.25) is 0 Å². The lowest BCUT2D eigenvalue weighted by Crippen LogP contribution is -2.22. The van der Waals surface area contributed by atoms with Crippen LogP contribution in [0.25, 0.3) is 0 Å². The lowest BCUT2D eigenvalue weighted by atomic mass is 9.90. The summed E-state index contributed by atoms with van der Waals surface area (Å²) in [6.07, 6.45) is 3.89. The van der Waals surface area contributed by atoms with Gasteiger partial charge in [-0.3, -0.25) is 0 Å². The van der Waals surface area contributed by atoms with Crippen molar-refractivity contribution in [3.63, 3.8) is 0 Å². The van der Waals surface area contributed by atoms with Crippen LogP contribution in [0.5, 0.6) is 11.5 Å². The molecular weight excluding hydrogens is 270 g/mol. The van der Waals surface area contributed by atoms with Crippen molar-refractivity contribution in [2.24, 2.45) is 5.92 Å². The third-order valence-corrected chi connectivity index (χ3v) is 5.12. The van der Waals surface area contributed by atoms with Crippen LogP contribution in [0.2, 0.25) is 0 Å². The Kier molecular flexibility index (Phi) is 6.05. The fourth-order valence-electron chi connectivity index (χ4n) is 2.81. The maximum atomic E-state index is 5.41. The molecule has 1 atom stereocenters. The maximum absolute atomic E-state index is 5.41. The summed E-state index contributed by atoms with van der Waals surface area (Å²) in [5, 5.41) is 3.45. The molecule has 1 N–H and O–H groups in total. The predicted molar refractivity (Wildman–Crippen MR) is 86.0 cm³/mol. The number of nitrogens with one attached hydrogen (secondary N) is 1. The van der Waals surface area contributed by atoms with Gasteiger partial charge in [-0.25, -0.2) is 0 Å². The Morgan fingerprint density at radius 2 is 1.90 bits per heavy atom. The number of hydrogen-bond acceptors (Lipinski definition) is 4. The highest BCUT2D eigenvalue weighted by Crippen LogP contribution is 2.34. The second-order valence-electron chi connectivity index (χ2n) is 5.25. The lowest BCUT2D eigenvalue weighted by Gasteiger charge is -2.26. The first-order valence-electron chi connectivity index (χ1n) is 7.25. The van der Waals surface area contributed by atoms with Gasteiger partial charge in [0.05, 0.1) is 14.2 Å². The summed E-state index contributed by atoms with van der Waals surface area (Å²) in [4.78, 5) is 0. The summed E-state index contributed by atoms with van der Waals surface area (Å²) in [5.41, 5.74) is 1.28. The second-order valence-corrected chi connectivity index (χ2v) is 6.47. The van der Waals surface area contributed by atoms with E-state index in [4.69, 9.17) is 9.47 Å². The second kappa shape index (κ2) is 7.79. The topological polar surface area (TPSA) is 30.5 Å². The molecule has 4 heteroatoms. The third-order valence-electron chi connectivity index (χ3n) is 4.07. The third kappa shape index (κ3) is 3.83. The van der Waals surface area contributed by atoms with Crippen LogP contribution in [0.15, 0.2) is 18.2 Å². The summed E-state index contributed by atoms with van der Waals surface area (Å²) in [7, 11) is 5.40. The molecule has 0 aromatic heterocycles. The van der Waals surface area contributed by atoms with Crippen molar-refractivity contribution in [2.45, 2.75) is 25.3 Å². The Morgan fingerprint density at radius 3 is 2.50 bits per heavy atom. The number of rotatable bonds is 6. The van der Waals surface area contributed by atoms with Gasteiger partial charge in [0.15, 0.2) is 11.5 Å². The molecule has 0 saturated carbocycles. The molecule has 20 heavy (non-hydrogen) atoms. The Labute approximate surface area is 126 Å². The van der Waals surface area contributed by atoms with Crippen molar-refractivity contribution in [1.82, 2.24) is 5.32 Å². The van der Waals surface area contributed by atoms with Crippen LogP contribution in [0, 0.1) is 5.92 Å². The number of hydrogen-bond donors (Lipinski definition) is 1. The number of benzene rings is 1. The zero-order valence-electron chi connectivity index (χ0n) is 12.6. The molecule has 1 aromatic rings. The highest BCUT2D eigenvalue weighted by molar-refractivity contribution is 7.99. The first kappa shape index (κ1) is 15.5. The smallest absolute Gasteiger partial charge is 0.161 e. The summed E-state index contributed by atoms with van der Waals surface area (Å²) >= 11 is 2.08. The SMILES string of the molecule is CNC(CC1CCSCC1)c1ccc(OC)c(OC)c1. The van der Waals surface area contributed by atoms with E-state index in [0.717, 1.165) is 17.4 Å². The van der Waals surface area contributed by atoms with Crippen LogP contribution in [-0.4, -0.2) is 32.8 Å². The molecule has 0 amide bonds. The molecular formula is C16H25NO2S. The van der Waals surface area contributed by atoms with Crippen LogP contribution in [0.3, 0.4) is 0 Å². The van der Waals surface area contributed by atoms with Crippen molar-refractivity contribution in [2.75, 3.05) is 32.8 Å². The highest BCUT2D eigenvalue weighted by atomic mass is 32.2. The van der Waals surface area contributed by atoms with Gasteiger partial charge < -0.3 is 14.8 Å². The number of methoxy groups -OCH3 is 2. The molecule has 1 unspecified atom stereocenters. The highest BCUT2D eigenvalue weighted by Gasteiger charge is 2.20. The van der Waals surface area contributed by atoms with Crippen LogP contribution in [-0.2, 0) is 0 Å². The Balaban J connectivity index is 2.09.